The van der Waals surface area contributed by atoms with Gasteiger partial charge in [0.2, 0.25) is 0 Å². The number of benzene rings is 1. The molecule has 0 fully saturated rings. The van der Waals surface area contributed by atoms with Gasteiger partial charge in [0, 0.05) is 41.9 Å². The van der Waals surface area contributed by atoms with Crippen LogP contribution >= 0.6 is 15.9 Å². The van der Waals surface area contributed by atoms with E-state index in [1.165, 1.54) is 0 Å². The summed E-state index contributed by atoms with van der Waals surface area (Å²) in [6.45, 7) is 3.88. The molecule has 0 amide bonds. The van der Waals surface area contributed by atoms with Gasteiger partial charge >= 0.3 is 0 Å². The highest BCUT2D eigenvalue weighted by Crippen LogP contribution is 2.14. The zero-order chi connectivity index (χ0) is 14.7. The number of fused-ring (bicyclic) bond motifs is 1. The van der Waals surface area contributed by atoms with Gasteiger partial charge in [-0.2, -0.15) is 0 Å². The zero-order valence-corrected chi connectivity index (χ0v) is 13.4. The first-order valence-electron chi connectivity index (χ1n) is 7.23. The van der Waals surface area contributed by atoms with Crippen molar-refractivity contribution in [2.45, 2.75) is 25.9 Å². The average Bonchev–Trinajstić information content (AvgIpc) is 2.95. The summed E-state index contributed by atoms with van der Waals surface area (Å²) in [5, 5.41) is 0. The molecule has 0 atom stereocenters. The fourth-order valence-corrected chi connectivity index (χ4v) is 2.92. The van der Waals surface area contributed by atoms with Gasteiger partial charge in [0.15, 0.2) is 5.78 Å². The van der Waals surface area contributed by atoms with Crippen molar-refractivity contribution in [3.05, 3.63) is 52.5 Å². The Morgan fingerprint density at radius 1 is 1.24 bits per heavy atom. The lowest BCUT2D eigenvalue weighted by molar-refractivity contribution is 0.0972. The molecule has 3 rings (SSSR count). The Labute approximate surface area is 132 Å². The van der Waals surface area contributed by atoms with Crippen molar-refractivity contribution in [1.29, 1.82) is 0 Å². The topological polar surface area (TPSA) is 38.1 Å². The number of hydrogen-bond acceptors (Lipinski definition) is 3. The molecule has 0 aliphatic carbocycles. The summed E-state index contributed by atoms with van der Waals surface area (Å²) in [5.74, 6) is 1.35. The molecule has 1 aromatic heterocycles. The molecule has 0 radical (unpaired) electrons. The van der Waals surface area contributed by atoms with Crippen LogP contribution in [-0.2, 0) is 13.1 Å². The number of carbonyl (C=O) groups is 1. The minimum atomic E-state index is 0.223. The standard InChI is InChI=1S/C16H18BrN3O/c17-14-5-3-13(4-6-14)15(21)2-1-8-19-10-11-20-9-7-18-16(20)12-19/h3-7,9H,1-2,8,10-12H2. The zero-order valence-electron chi connectivity index (χ0n) is 11.8. The van der Waals surface area contributed by atoms with Crippen LogP contribution < -0.4 is 0 Å². The SMILES string of the molecule is O=C(CCCN1CCn2ccnc2C1)c1ccc(Br)cc1. The van der Waals surface area contributed by atoms with Crippen molar-refractivity contribution in [2.75, 3.05) is 13.1 Å². The Morgan fingerprint density at radius 2 is 2.05 bits per heavy atom. The van der Waals surface area contributed by atoms with Crippen LogP contribution in [0.25, 0.3) is 0 Å². The minimum Gasteiger partial charge on any atom is -0.333 e. The van der Waals surface area contributed by atoms with Crippen LogP contribution in [0.3, 0.4) is 0 Å². The Morgan fingerprint density at radius 3 is 2.86 bits per heavy atom. The molecule has 5 heteroatoms. The third kappa shape index (κ3) is 3.60. The third-order valence-electron chi connectivity index (χ3n) is 3.87. The van der Waals surface area contributed by atoms with E-state index in [0.29, 0.717) is 6.42 Å². The van der Waals surface area contributed by atoms with Crippen molar-refractivity contribution in [1.82, 2.24) is 14.5 Å². The van der Waals surface area contributed by atoms with Gasteiger partial charge in [-0.05, 0) is 25.1 Å². The first-order valence-corrected chi connectivity index (χ1v) is 8.03. The summed E-state index contributed by atoms with van der Waals surface area (Å²) < 4.78 is 3.20. The maximum Gasteiger partial charge on any atom is 0.162 e. The summed E-state index contributed by atoms with van der Waals surface area (Å²) in [6.07, 6.45) is 5.39. The first kappa shape index (κ1) is 14.5. The Balaban J connectivity index is 1.46. The van der Waals surface area contributed by atoms with E-state index >= 15 is 0 Å². The molecule has 1 aromatic carbocycles. The van der Waals surface area contributed by atoms with Gasteiger partial charge < -0.3 is 4.57 Å². The molecule has 0 bridgehead atoms. The van der Waals surface area contributed by atoms with Crippen LogP contribution in [0.4, 0.5) is 0 Å². The van der Waals surface area contributed by atoms with Crippen molar-refractivity contribution < 1.29 is 4.79 Å². The number of aromatic nitrogens is 2. The second-order valence-corrected chi connectivity index (χ2v) is 6.26. The predicted molar refractivity (Wildman–Crippen MR) is 85.2 cm³/mol. The second kappa shape index (κ2) is 6.54. The van der Waals surface area contributed by atoms with Gasteiger partial charge in [-0.25, -0.2) is 4.98 Å². The van der Waals surface area contributed by atoms with Gasteiger partial charge in [0.25, 0.3) is 0 Å². The lowest BCUT2D eigenvalue weighted by Gasteiger charge is -2.27. The second-order valence-electron chi connectivity index (χ2n) is 5.35. The van der Waals surface area contributed by atoms with Crippen molar-refractivity contribution in [3.8, 4) is 0 Å². The fraction of sp³-hybridized carbons (Fsp3) is 0.375. The Bertz CT molecular complexity index is 621. The van der Waals surface area contributed by atoms with E-state index in [1.54, 1.807) is 0 Å². The Kier molecular flexibility index (Phi) is 4.51. The normalized spacial score (nSPS) is 14.9. The molecule has 21 heavy (non-hydrogen) atoms. The summed E-state index contributed by atoms with van der Waals surface area (Å²) in [7, 11) is 0. The van der Waals surface area contributed by atoms with Crippen LogP contribution in [0.1, 0.15) is 29.0 Å². The molecule has 0 unspecified atom stereocenters. The maximum absolute atomic E-state index is 12.1. The van der Waals surface area contributed by atoms with Crippen molar-refractivity contribution in [2.24, 2.45) is 0 Å². The van der Waals surface area contributed by atoms with E-state index in [0.717, 1.165) is 48.5 Å². The third-order valence-corrected chi connectivity index (χ3v) is 4.40. The predicted octanol–water partition coefficient (Wildman–Crippen LogP) is 3.12. The minimum absolute atomic E-state index is 0.223. The van der Waals surface area contributed by atoms with Gasteiger partial charge in [0.1, 0.15) is 5.82 Å². The molecule has 0 saturated carbocycles. The van der Waals surface area contributed by atoms with E-state index in [1.807, 2.05) is 36.7 Å². The highest BCUT2D eigenvalue weighted by atomic mass is 79.9. The monoisotopic (exact) mass is 347 g/mol. The lowest BCUT2D eigenvalue weighted by Crippen LogP contribution is -2.34. The van der Waals surface area contributed by atoms with Gasteiger partial charge in [-0.3, -0.25) is 9.69 Å². The molecule has 2 heterocycles. The maximum atomic E-state index is 12.1. The number of ketones is 1. The molecular weight excluding hydrogens is 330 g/mol. The smallest absolute Gasteiger partial charge is 0.162 e. The molecule has 4 nitrogen and oxygen atoms in total. The average molecular weight is 348 g/mol. The van der Waals surface area contributed by atoms with Gasteiger partial charge in [0.05, 0.1) is 6.54 Å². The number of rotatable bonds is 5. The molecule has 0 spiro atoms. The summed E-state index contributed by atoms with van der Waals surface area (Å²) in [5.41, 5.74) is 0.799. The van der Waals surface area contributed by atoms with Crippen LogP contribution in [0.2, 0.25) is 0 Å². The summed E-state index contributed by atoms with van der Waals surface area (Å²) >= 11 is 3.38. The highest BCUT2D eigenvalue weighted by Gasteiger charge is 2.16. The fourth-order valence-electron chi connectivity index (χ4n) is 2.66. The van der Waals surface area contributed by atoms with Crippen LogP contribution in [0.15, 0.2) is 41.1 Å². The van der Waals surface area contributed by atoms with Crippen molar-refractivity contribution >= 4 is 21.7 Å². The molecule has 110 valence electrons. The number of nitrogens with zero attached hydrogens (tertiary/aromatic N) is 3. The number of Topliss-reactive ketones (excluding diaryl/α,β-unsaturated/α-hetero) is 1. The van der Waals surface area contributed by atoms with E-state index < -0.39 is 0 Å². The van der Waals surface area contributed by atoms with E-state index in [-0.39, 0.29) is 5.78 Å². The summed E-state index contributed by atoms with van der Waals surface area (Å²) in [4.78, 5) is 18.8. The highest BCUT2D eigenvalue weighted by molar-refractivity contribution is 9.10. The van der Waals surface area contributed by atoms with E-state index in [9.17, 15) is 4.79 Å². The van der Waals surface area contributed by atoms with E-state index in [2.05, 4.69) is 30.4 Å². The summed E-state index contributed by atoms with van der Waals surface area (Å²) in [6, 6.07) is 7.59. The molecule has 2 aromatic rings. The molecule has 0 saturated heterocycles. The molecule has 1 aliphatic heterocycles. The number of carbonyl (C=O) groups excluding carboxylic acids is 1. The number of hydrogen-bond donors (Lipinski definition) is 0. The van der Waals surface area contributed by atoms with E-state index in [4.69, 9.17) is 0 Å². The van der Waals surface area contributed by atoms with Crippen LogP contribution in [0, 0.1) is 0 Å². The number of imidazole rings is 1. The van der Waals surface area contributed by atoms with Crippen molar-refractivity contribution in [3.63, 3.8) is 0 Å². The lowest BCUT2D eigenvalue weighted by atomic mass is 10.1. The Hall–Kier alpha value is -1.46. The molecule has 0 N–H and O–H groups in total. The quantitative estimate of drug-likeness (QED) is 0.780. The van der Waals surface area contributed by atoms with Crippen LogP contribution in [0.5, 0.6) is 0 Å². The van der Waals surface area contributed by atoms with Gasteiger partial charge in [-0.15, -0.1) is 0 Å². The van der Waals surface area contributed by atoms with Crippen LogP contribution in [-0.4, -0.2) is 33.3 Å². The first-order chi connectivity index (χ1) is 10.2. The molecular formula is C16H18BrN3O. The largest absolute Gasteiger partial charge is 0.333 e. The number of halogens is 1. The molecule has 1 aliphatic rings. The van der Waals surface area contributed by atoms with Gasteiger partial charge in [-0.1, -0.05) is 28.1 Å².